The van der Waals surface area contributed by atoms with Crippen LogP contribution >= 0.6 is 0 Å². The number of hydrogen-bond donors (Lipinski definition) is 3. The molecule has 4 N–H and O–H groups in total. The maximum atomic E-state index is 12.4. The molecule has 0 atom stereocenters. The first-order valence-electron chi connectivity index (χ1n) is 7.44. The number of primary sulfonamides is 1. The second-order valence-corrected chi connectivity index (χ2v) is 7.02. The largest absolute Gasteiger partial charge is 0.336 e. The van der Waals surface area contributed by atoms with Gasteiger partial charge in [0.05, 0.1) is 4.90 Å². The summed E-state index contributed by atoms with van der Waals surface area (Å²) in [6.07, 6.45) is 0. The highest BCUT2D eigenvalue weighted by molar-refractivity contribution is 7.89. The summed E-state index contributed by atoms with van der Waals surface area (Å²) in [6.45, 7) is 1.08. The Labute approximate surface area is 144 Å². The van der Waals surface area contributed by atoms with Crippen LogP contribution in [0.5, 0.6) is 0 Å². The molecule has 1 aliphatic rings. The summed E-state index contributed by atoms with van der Waals surface area (Å²) in [5, 5.41) is 10.4. The summed E-state index contributed by atoms with van der Waals surface area (Å²) < 4.78 is 22.8. The van der Waals surface area contributed by atoms with Gasteiger partial charge in [-0.15, -0.1) is 0 Å². The molecule has 2 aromatic carbocycles. The minimum atomic E-state index is -3.85. The number of carbonyl (C=O) groups is 2. The first-order chi connectivity index (χ1) is 11.8. The highest BCUT2D eigenvalue weighted by Gasteiger charge is 2.21. The zero-order chi connectivity index (χ0) is 18.0. The molecule has 0 saturated carbocycles. The lowest BCUT2D eigenvalue weighted by atomic mass is 10.1. The van der Waals surface area contributed by atoms with Gasteiger partial charge in [-0.25, -0.2) is 18.4 Å². The van der Waals surface area contributed by atoms with Gasteiger partial charge in [0, 0.05) is 30.0 Å². The van der Waals surface area contributed by atoms with Crippen LogP contribution in [0, 0.1) is 0 Å². The van der Waals surface area contributed by atoms with Gasteiger partial charge in [0.1, 0.15) is 0 Å². The fourth-order valence-corrected chi connectivity index (χ4v) is 3.05. The van der Waals surface area contributed by atoms with Gasteiger partial charge >= 0.3 is 6.03 Å². The molecule has 2 aromatic rings. The number of sulfonamides is 1. The van der Waals surface area contributed by atoms with Crippen molar-refractivity contribution in [2.45, 2.75) is 4.90 Å². The van der Waals surface area contributed by atoms with Crippen LogP contribution in [0.25, 0.3) is 0 Å². The van der Waals surface area contributed by atoms with E-state index in [0.29, 0.717) is 30.0 Å². The molecule has 130 valence electrons. The highest BCUT2D eigenvalue weighted by atomic mass is 32.2. The van der Waals surface area contributed by atoms with E-state index in [2.05, 4.69) is 10.6 Å². The number of anilines is 2. The number of carbonyl (C=O) groups excluding carboxylic acids is 2. The molecule has 8 nitrogen and oxygen atoms in total. The molecule has 0 radical (unpaired) electrons. The molecule has 3 amide bonds. The van der Waals surface area contributed by atoms with Gasteiger partial charge in [-0.1, -0.05) is 12.1 Å². The van der Waals surface area contributed by atoms with E-state index < -0.39 is 15.9 Å². The number of benzene rings is 2. The van der Waals surface area contributed by atoms with Gasteiger partial charge in [-0.3, -0.25) is 9.69 Å². The van der Waals surface area contributed by atoms with Crippen molar-refractivity contribution in [1.29, 1.82) is 0 Å². The summed E-state index contributed by atoms with van der Waals surface area (Å²) in [5.74, 6) is -0.423. The predicted molar refractivity (Wildman–Crippen MR) is 93.0 cm³/mol. The third-order valence-electron chi connectivity index (χ3n) is 3.70. The van der Waals surface area contributed by atoms with Crippen molar-refractivity contribution in [3.8, 4) is 0 Å². The first-order valence-corrected chi connectivity index (χ1v) is 8.99. The number of rotatable bonds is 4. The van der Waals surface area contributed by atoms with Crippen LogP contribution in [0.15, 0.2) is 53.4 Å². The average molecular weight is 360 g/mol. The fraction of sp³-hybridized carbons (Fsp3) is 0.125. The Morgan fingerprint density at radius 1 is 1.16 bits per heavy atom. The zero-order valence-electron chi connectivity index (χ0n) is 13.1. The molecule has 1 fully saturated rings. The molecule has 0 aromatic heterocycles. The van der Waals surface area contributed by atoms with Crippen molar-refractivity contribution >= 4 is 33.3 Å². The van der Waals surface area contributed by atoms with Gasteiger partial charge in [0.2, 0.25) is 10.0 Å². The third-order valence-corrected chi connectivity index (χ3v) is 4.61. The van der Waals surface area contributed by atoms with Crippen LogP contribution in [0.4, 0.5) is 16.2 Å². The van der Waals surface area contributed by atoms with E-state index in [4.69, 9.17) is 5.14 Å². The summed E-state index contributed by atoms with van der Waals surface area (Å²) in [5.41, 5.74) is 1.26. The summed E-state index contributed by atoms with van der Waals surface area (Å²) in [7, 11) is -3.85. The van der Waals surface area contributed by atoms with Gasteiger partial charge in [-0.05, 0) is 36.4 Å². The molecular formula is C16H16N4O4S. The normalized spacial score (nSPS) is 14.3. The smallest absolute Gasteiger partial charge is 0.321 e. The summed E-state index contributed by atoms with van der Waals surface area (Å²) in [6, 6.07) is 12.1. The van der Waals surface area contributed by atoms with E-state index in [1.807, 2.05) is 0 Å². The van der Waals surface area contributed by atoms with Crippen LogP contribution in [-0.4, -0.2) is 33.4 Å². The lowest BCUT2D eigenvalue weighted by Crippen LogP contribution is -2.27. The van der Waals surface area contributed by atoms with E-state index in [9.17, 15) is 18.0 Å². The third kappa shape index (κ3) is 3.78. The second-order valence-electron chi connectivity index (χ2n) is 5.46. The molecule has 1 aliphatic heterocycles. The van der Waals surface area contributed by atoms with Crippen LogP contribution < -0.4 is 20.7 Å². The minimum Gasteiger partial charge on any atom is -0.336 e. The molecule has 25 heavy (non-hydrogen) atoms. The van der Waals surface area contributed by atoms with Crippen LogP contribution in [0.1, 0.15) is 10.4 Å². The maximum Gasteiger partial charge on any atom is 0.321 e. The van der Waals surface area contributed by atoms with E-state index >= 15 is 0 Å². The number of nitrogens with two attached hydrogens (primary N) is 1. The molecule has 1 saturated heterocycles. The van der Waals surface area contributed by atoms with E-state index in [-0.39, 0.29) is 10.9 Å². The second kappa shape index (κ2) is 6.54. The number of hydrogen-bond acceptors (Lipinski definition) is 4. The van der Waals surface area contributed by atoms with Crippen molar-refractivity contribution in [3.63, 3.8) is 0 Å². The Hall–Kier alpha value is -2.91. The quantitative estimate of drug-likeness (QED) is 0.756. The van der Waals surface area contributed by atoms with Crippen LogP contribution in [0.2, 0.25) is 0 Å². The van der Waals surface area contributed by atoms with Gasteiger partial charge in [0.15, 0.2) is 0 Å². The van der Waals surface area contributed by atoms with Crippen molar-refractivity contribution in [1.82, 2.24) is 5.32 Å². The monoisotopic (exact) mass is 360 g/mol. The van der Waals surface area contributed by atoms with E-state index in [1.54, 1.807) is 35.2 Å². The number of nitrogens with zero attached hydrogens (tertiary/aromatic N) is 1. The molecule has 0 aliphatic carbocycles. The molecular weight excluding hydrogens is 344 g/mol. The SMILES string of the molecule is NS(=O)(=O)c1cccc(NC(=O)c2cccc(N3CCNC3=O)c2)c1. The lowest BCUT2D eigenvalue weighted by Gasteiger charge is -2.15. The Morgan fingerprint density at radius 2 is 1.92 bits per heavy atom. The van der Waals surface area contributed by atoms with Gasteiger partial charge in [0.25, 0.3) is 5.91 Å². The standard InChI is InChI=1S/C16H16N4O4S/c17-25(23,24)14-6-2-4-12(10-14)19-15(21)11-3-1-5-13(9-11)20-8-7-18-16(20)22/h1-6,9-10H,7-8H2,(H,18,22)(H,19,21)(H2,17,23,24). The first kappa shape index (κ1) is 16.9. The highest BCUT2D eigenvalue weighted by Crippen LogP contribution is 2.20. The Kier molecular flexibility index (Phi) is 4.43. The van der Waals surface area contributed by atoms with Gasteiger partial charge in [-0.2, -0.15) is 0 Å². The zero-order valence-corrected chi connectivity index (χ0v) is 13.9. The maximum absolute atomic E-state index is 12.4. The lowest BCUT2D eigenvalue weighted by molar-refractivity contribution is 0.102. The number of urea groups is 1. The van der Waals surface area contributed by atoms with Crippen molar-refractivity contribution < 1.29 is 18.0 Å². The number of amides is 3. The van der Waals surface area contributed by atoms with Crippen molar-refractivity contribution in [2.75, 3.05) is 23.3 Å². The molecule has 3 rings (SSSR count). The van der Waals surface area contributed by atoms with Crippen molar-refractivity contribution in [3.05, 3.63) is 54.1 Å². The Morgan fingerprint density at radius 3 is 2.60 bits per heavy atom. The van der Waals surface area contributed by atoms with E-state index in [1.165, 1.54) is 18.2 Å². The van der Waals surface area contributed by atoms with Crippen LogP contribution in [-0.2, 0) is 10.0 Å². The predicted octanol–water partition coefficient (Wildman–Crippen LogP) is 1.12. The Balaban J connectivity index is 1.81. The minimum absolute atomic E-state index is 0.0900. The molecule has 9 heteroatoms. The summed E-state index contributed by atoms with van der Waals surface area (Å²) in [4.78, 5) is 25.6. The number of nitrogens with one attached hydrogen (secondary N) is 2. The molecule has 0 unspecified atom stereocenters. The topological polar surface area (TPSA) is 122 Å². The average Bonchev–Trinajstić information content (AvgIpc) is 3.00. The molecule has 0 spiro atoms. The van der Waals surface area contributed by atoms with Gasteiger partial charge < -0.3 is 10.6 Å². The molecule has 0 bridgehead atoms. The van der Waals surface area contributed by atoms with Crippen LogP contribution in [0.3, 0.4) is 0 Å². The summed E-state index contributed by atoms with van der Waals surface area (Å²) >= 11 is 0. The van der Waals surface area contributed by atoms with Crippen molar-refractivity contribution in [2.24, 2.45) is 5.14 Å². The fourth-order valence-electron chi connectivity index (χ4n) is 2.49. The van der Waals surface area contributed by atoms with E-state index in [0.717, 1.165) is 0 Å². The molecule has 1 heterocycles. The Bertz CT molecular complexity index is 943.